The molecule has 6 nitrogen and oxygen atoms in total. The summed E-state index contributed by atoms with van der Waals surface area (Å²) >= 11 is 12.1. The van der Waals surface area contributed by atoms with Gasteiger partial charge in [0.05, 0.1) is 27.3 Å². The van der Waals surface area contributed by atoms with Gasteiger partial charge in [-0.25, -0.2) is 9.59 Å². The molecule has 0 aliphatic rings. The first-order valence-corrected chi connectivity index (χ1v) is 7.86. The zero-order chi connectivity index (χ0) is 19.3. The minimum absolute atomic E-state index is 0.0391. The normalized spacial score (nSPS) is 10.9. The van der Waals surface area contributed by atoms with Gasteiger partial charge in [-0.2, -0.15) is 5.26 Å². The second-order valence-corrected chi connectivity index (χ2v) is 5.86. The zero-order valence-corrected chi connectivity index (χ0v) is 14.6. The largest absolute Gasteiger partial charge is 0.479 e. The van der Waals surface area contributed by atoms with Crippen LogP contribution < -0.4 is 4.74 Å². The maximum Gasteiger partial charge on any atom is 0.341 e. The van der Waals surface area contributed by atoms with Gasteiger partial charge in [-0.15, -0.1) is 0 Å². The number of halogens is 2. The number of carboxylic acid groups (broad SMARTS) is 2. The lowest BCUT2D eigenvalue weighted by Gasteiger charge is -2.09. The smallest absolute Gasteiger partial charge is 0.341 e. The molecule has 0 radical (unpaired) electrons. The lowest BCUT2D eigenvalue weighted by molar-refractivity contribution is -0.139. The van der Waals surface area contributed by atoms with Gasteiger partial charge < -0.3 is 14.9 Å². The summed E-state index contributed by atoms with van der Waals surface area (Å²) in [6.07, 6.45) is 1.52. The van der Waals surface area contributed by atoms with Crippen LogP contribution in [0.5, 0.6) is 5.75 Å². The number of hydrogen-bond donors (Lipinski definition) is 2. The topological polar surface area (TPSA) is 108 Å². The summed E-state index contributed by atoms with van der Waals surface area (Å²) in [4.78, 5) is 21.5. The third kappa shape index (κ3) is 4.76. The Hall–Kier alpha value is -3.01. The van der Waals surface area contributed by atoms with Gasteiger partial charge >= 0.3 is 11.9 Å². The van der Waals surface area contributed by atoms with E-state index in [1.807, 2.05) is 6.07 Å². The number of aliphatic carboxylic acids is 1. The van der Waals surface area contributed by atoms with Crippen LogP contribution in [0, 0.1) is 11.3 Å². The summed E-state index contributed by atoms with van der Waals surface area (Å²) in [7, 11) is 0. The number of aromatic carboxylic acids is 1. The van der Waals surface area contributed by atoms with E-state index in [-0.39, 0.29) is 26.9 Å². The van der Waals surface area contributed by atoms with Crippen LogP contribution in [0.4, 0.5) is 0 Å². The number of carbonyl (C=O) groups is 2. The quantitative estimate of drug-likeness (QED) is 0.563. The van der Waals surface area contributed by atoms with E-state index in [2.05, 4.69) is 0 Å². The van der Waals surface area contributed by atoms with Gasteiger partial charge in [-0.3, -0.25) is 0 Å². The minimum atomic E-state index is -1.17. The summed E-state index contributed by atoms with van der Waals surface area (Å²) in [5.41, 5.74) is 1.41. The molecule has 0 aliphatic carbocycles. The van der Waals surface area contributed by atoms with Crippen LogP contribution in [0.15, 0.2) is 36.4 Å². The summed E-state index contributed by atoms with van der Waals surface area (Å²) in [5.74, 6) is -2.19. The van der Waals surface area contributed by atoms with Gasteiger partial charge in [0, 0.05) is 0 Å². The first-order chi connectivity index (χ1) is 12.3. The fraction of sp³-hybridized carbons (Fsp3) is 0.0556. The van der Waals surface area contributed by atoms with Crippen molar-refractivity contribution in [3.8, 4) is 11.8 Å². The standard InChI is InChI=1S/C18H11Cl2NO5/c19-14-6-10(7-15(20)17(14)26-9-16(22)23)5-13(8-21)11-1-3-12(4-2-11)18(24)25/h1-7H,9H2,(H,22,23)(H,24,25)/b13-5-. The third-order valence-corrected chi connectivity index (χ3v) is 3.80. The maximum atomic E-state index is 10.9. The van der Waals surface area contributed by atoms with Gasteiger partial charge in [0.25, 0.3) is 0 Å². The summed E-state index contributed by atoms with van der Waals surface area (Å²) in [6, 6.07) is 10.8. The first-order valence-electron chi connectivity index (χ1n) is 7.11. The predicted octanol–water partition coefficient (Wildman–Crippen LogP) is 4.22. The Morgan fingerprint density at radius 2 is 1.62 bits per heavy atom. The lowest BCUT2D eigenvalue weighted by atomic mass is 10.0. The van der Waals surface area contributed by atoms with Crippen LogP contribution in [0.1, 0.15) is 21.5 Å². The van der Waals surface area contributed by atoms with Crippen molar-refractivity contribution in [1.82, 2.24) is 0 Å². The van der Waals surface area contributed by atoms with E-state index < -0.39 is 18.5 Å². The molecule has 0 atom stereocenters. The molecule has 0 aliphatic heterocycles. The summed E-state index contributed by atoms with van der Waals surface area (Å²) < 4.78 is 5.03. The summed E-state index contributed by atoms with van der Waals surface area (Å²) in [6.45, 7) is -0.589. The highest BCUT2D eigenvalue weighted by molar-refractivity contribution is 6.37. The van der Waals surface area contributed by atoms with Crippen molar-refractivity contribution in [3.63, 3.8) is 0 Å². The molecule has 2 rings (SSSR count). The molecule has 0 heterocycles. The Balaban J connectivity index is 2.35. The van der Waals surface area contributed by atoms with E-state index in [1.165, 1.54) is 42.5 Å². The number of rotatable bonds is 6. The molecular weight excluding hydrogens is 381 g/mol. The maximum absolute atomic E-state index is 10.9. The Labute approximate surface area is 158 Å². The second kappa shape index (κ2) is 8.39. The fourth-order valence-corrected chi connectivity index (χ4v) is 2.69. The average molecular weight is 392 g/mol. The van der Waals surface area contributed by atoms with Gasteiger partial charge in [0.15, 0.2) is 12.4 Å². The fourth-order valence-electron chi connectivity index (χ4n) is 2.07. The van der Waals surface area contributed by atoms with E-state index in [4.69, 9.17) is 38.2 Å². The van der Waals surface area contributed by atoms with Crippen LogP contribution in [-0.4, -0.2) is 28.8 Å². The Morgan fingerprint density at radius 3 is 2.08 bits per heavy atom. The second-order valence-electron chi connectivity index (χ2n) is 5.05. The molecule has 2 aromatic rings. The third-order valence-electron chi connectivity index (χ3n) is 3.23. The monoisotopic (exact) mass is 391 g/mol. The SMILES string of the molecule is N#C/C(=C/c1cc(Cl)c(OCC(=O)O)c(Cl)c1)c1ccc(C(=O)O)cc1. The van der Waals surface area contributed by atoms with Gasteiger partial charge in [-0.1, -0.05) is 35.3 Å². The van der Waals surface area contributed by atoms with Crippen LogP contribution in [-0.2, 0) is 4.79 Å². The molecule has 2 N–H and O–H groups in total. The molecule has 26 heavy (non-hydrogen) atoms. The molecule has 0 unspecified atom stereocenters. The number of nitriles is 1. The lowest BCUT2D eigenvalue weighted by Crippen LogP contribution is -2.10. The Kier molecular flexibility index (Phi) is 6.23. The molecule has 0 amide bonds. The van der Waals surface area contributed by atoms with Crippen molar-refractivity contribution in [2.75, 3.05) is 6.61 Å². The highest BCUT2D eigenvalue weighted by Crippen LogP contribution is 2.35. The van der Waals surface area contributed by atoms with Crippen molar-refractivity contribution < 1.29 is 24.5 Å². The highest BCUT2D eigenvalue weighted by Gasteiger charge is 2.12. The average Bonchev–Trinajstić information content (AvgIpc) is 2.58. The van der Waals surface area contributed by atoms with Crippen molar-refractivity contribution in [1.29, 1.82) is 5.26 Å². The molecule has 0 saturated heterocycles. The van der Waals surface area contributed by atoms with Crippen molar-refractivity contribution in [2.24, 2.45) is 0 Å². The van der Waals surface area contributed by atoms with Gasteiger partial charge in [0.1, 0.15) is 0 Å². The van der Waals surface area contributed by atoms with Gasteiger partial charge in [0.2, 0.25) is 0 Å². The molecule has 2 aromatic carbocycles. The highest BCUT2D eigenvalue weighted by atomic mass is 35.5. The van der Waals surface area contributed by atoms with Crippen molar-refractivity contribution in [2.45, 2.75) is 0 Å². The van der Waals surface area contributed by atoms with Crippen molar-refractivity contribution >= 4 is 46.8 Å². The minimum Gasteiger partial charge on any atom is -0.479 e. The first kappa shape index (κ1) is 19.3. The number of nitrogens with zero attached hydrogens (tertiary/aromatic N) is 1. The number of allylic oxidation sites excluding steroid dienone is 1. The Morgan fingerprint density at radius 1 is 1.08 bits per heavy atom. The molecular formula is C18H11Cl2NO5. The van der Waals surface area contributed by atoms with Crippen LogP contribution >= 0.6 is 23.2 Å². The number of ether oxygens (including phenoxy) is 1. The van der Waals surface area contributed by atoms with E-state index in [0.29, 0.717) is 11.1 Å². The predicted molar refractivity (Wildman–Crippen MR) is 96.5 cm³/mol. The molecule has 0 bridgehead atoms. The van der Waals surface area contributed by atoms with Crippen LogP contribution in [0.2, 0.25) is 10.0 Å². The number of benzene rings is 2. The van der Waals surface area contributed by atoms with E-state index in [9.17, 15) is 14.9 Å². The van der Waals surface area contributed by atoms with Crippen molar-refractivity contribution in [3.05, 3.63) is 63.1 Å². The molecule has 0 fully saturated rings. The molecule has 8 heteroatoms. The molecule has 132 valence electrons. The molecule has 0 spiro atoms. The van der Waals surface area contributed by atoms with E-state index >= 15 is 0 Å². The summed E-state index contributed by atoms with van der Waals surface area (Å²) in [5, 5.41) is 27.1. The van der Waals surface area contributed by atoms with Gasteiger partial charge in [-0.05, 0) is 41.5 Å². The number of carboxylic acids is 2. The molecule has 0 saturated carbocycles. The zero-order valence-electron chi connectivity index (χ0n) is 13.1. The van der Waals surface area contributed by atoms with Crippen LogP contribution in [0.3, 0.4) is 0 Å². The van der Waals surface area contributed by atoms with Crippen LogP contribution in [0.25, 0.3) is 11.6 Å². The van der Waals surface area contributed by atoms with E-state index in [1.54, 1.807) is 0 Å². The Bertz CT molecular complexity index is 907. The molecule has 0 aromatic heterocycles. The van der Waals surface area contributed by atoms with E-state index in [0.717, 1.165) is 0 Å². The number of hydrogen-bond acceptors (Lipinski definition) is 4.